The van der Waals surface area contributed by atoms with Crippen molar-refractivity contribution in [1.29, 1.82) is 0 Å². The molecule has 0 spiro atoms. The number of hydrogen-bond acceptors (Lipinski definition) is 3. The van der Waals surface area contributed by atoms with Gasteiger partial charge >= 0.3 is 0 Å². The van der Waals surface area contributed by atoms with Crippen molar-refractivity contribution < 1.29 is 13.6 Å². The Hall–Kier alpha value is -1.59. The number of aromatic nitrogens is 2. The topological polar surface area (TPSA) is 68.9 Å². The average Bonchev–Trinajstić information content (AvgIpc) is 2.03. The smallest absolute Gasteiger partial charge is 0.288 e. The number of nitrogens with two attached hydrogens (primary N) is 1. The molecule has 4 nitrogen and oxygen atoms in total. The van der Waals surface area contributed by atoms with Gasteiger partial charge in [-0.1, -0.05) is 0 Å². The first-order valence-corrected chi connectivity index (χ1v) is 3.41. The molecule has 0 aliphatic heterocycles. The van der Waals surface area contributed by atoms with Crippen LogP contribution in [0.25, 0.3) is 0 Å². The van der Waals surface area contributed by atoms with E-state index in [0.29, 0.717) is 6.92 Å². The van der Waals surface area contributed by atoms with E-state index in [1.54, 1.807) is 0 Å². The molecule has 70 valence electrons. The maximum absolute atomic E-state index is 12.6. The van der Waals surface area contributed by atoms with Crippen molar-refractivity contribution in [2.45, 2.75) is 12.8 Å². The fraction of sp³-hybridized carbons (Fsp3) is 0.286. The summed E-state index contributed by atoms with van der Waals surface area (Å²) in [6, 6.07) is 0. The van der Waals surface area contributed by atoms with Crippen LogP contribution >= 0.6 is 0 Å². The monoisotopic (exact) mass is 187 g/mol. The summed E-state index contributed by atoms with van der Waals surface area (Å²) < 4.78 is 25.1. The van der Waals surface area contributed by atoms with Crippen LogP contribution in [-0.2, 0) is 5.92 Å². The van der Waals surface area contributed by atoms with Gasteiger partial charge in [-0.2, -0.15) is 8.78 Å². The Labute approximate surface area is 72.8 Å². The van der Waals surface area contributed by atoms with Gasteiger partial charge in [0.25, 0.3) is 11.8 Å². The Morgan fingerprint density at radius 3 is 2.38 bits per heavy atom. The first-order chi connectivity index (χ1) is 5.91. The number of hydrogen-bond donors (Lipinski definition) is 1. The lowest BCUT2D eigenvalue weighted by atomic mass is 10.3. The normalized spacial score (nSPS) is 11.3. The van der Waals surface area contributed by atoms with E-state index < -0.39 is 17.5 Å². The first-order valence-electron chi connectivity index (χ1n) is 3.41. The fourth-order valence-electron chi connectivity index (χ4n) is 0.682. The summed E-state index contributed by atoms with van der Waals surface area (Å²) in [5.74, 6) is -3.85. The average molecular weight is 187 g/mol. The van der Waals surface area contributed by atoms with Crippen LogP contribution in [0.2, 0.25) is 0 Å². The Kier molecular flexibility index (Phi) is 2.22. The minimum atomic E-state index is -3.05. The van der Waals surface area contributed by atoms with Crippen molar-refractivity contribution in [3.8, 4) is 0 Å². The molecule has 1 aromatic rings. The van der Waals surface area contributed by atoms with E-state index >= 15 is 0 Å². The second-order valence-corrected chi connectivity index (χ2v) is 2.54. The summed E-state index contributed by atoms with van der Waals surface area (Å²) in [7, 11) is 0. The Morgan fingerprint density at radius 1 is 1.46 bits per heavy atom. The maximum Gasteiger partial charge on any atom is 0.288 e. The highest BCUT2D eigenvalue weighted by molar-refractivity contribution is 5.90. The van der Waals surface area contributed by atoms with Crippen molar-refractivity contribution in [1.82, 2.24) is 9.97 Å². The highest BCUT2D eigenvalue weighted by Crippen LogP contribution is 2.23. The summed E-state index contributed by atoms with van der Waals surface area (Å²) in [4.78, 5) is 17.3. The Balaban J connectivity index is 3.01. The molecule has 0 radical (unpaired) electrons. The number of carbonyl (C=O) groups excluding carboxylic acids is 1. The molecule has 0 atom stereocenters. The van der Waals surface area contributed by atoms with Gasteiger partial charge in [0.2, 0.25) is 0 Å². The number of alkyl halides is 2. The number of amides is 1. The number of rotatable bonds is 2. The molecule has 0 aliphatic carbocycles. The van der Waals surface area contributed by atoms with Gasteiger partial charge in [-0.05, 0) is 0 Å². The molecule has 0 fully saturated rings. The molecule has 13 heavy (non-hydrogen) atoms. The highest BCUT2D eigenvalue weighted by atomic mass is 19.3. The van der Waals surface area contributed by atoms with Crippen LogP contribution in [0.3, 0.4) is 0 Å². The molecule has 6 heteroatoms. The molecule has 1 aromatic heterocycles. The SMILES string of the molecule is CC(F)(F)c1cnc(C(N)=O)cn1. The zero-order valence-electron chi connectivity index (χ0n) is 6.79. The third-order valence-corrected chi connectivity index (χ3v) is 1.35. The quantitative estimate of drug-likeness (QED) is 0.740. The molecule has 1 rings (SSSR count). The molecule has 0 aliphatic rings. The Morgan fingerprint density at radius 2 is 2.08 bits per heavy atom. The minimum absolute atomic E-state index is 0.131. The molecule has 0 unspecified atom stereocenters. The van der Waals surface area contributed by atoms with Crippen molar-refractivity contribution in [3.05, 3.63) is 23.8 Å². The van der Waals surface area contributed by atoms with Gasteiger partial charge in [0.15, 0.2) is 0 Å². The first kappa shape index (κ1) is 9.50. The summed E-state index contributed by atoms with van der Waals surface area (Å²) >= 11 is 0. The fourth-order valence-corrected chi connectivity index (χ4v) is 0.682. The lowest BCUT2D eigenvalue weighted by molar-refractivity contribution is 0.0123. The number of carbonyl (C=O) groups is 1. The van der Waals surface area contributed by atoms with E-state index in [2.05, 4.69) is 9.97 Å². The van der Waals surface area contributed by atoms with Crippen LogP contribution in [-0.4, -0.2) is 15.9 Å². The lowest BCUT2D eigenvalue weighted by Gasteiger charge is -2.07. The van der Waals surface area contributed by atoms with Gasteiger partial charge in [-0.3, -0.25) is 9.78 Å². The standard InChI is InChI=1S/C7H7F2N3O/c1-7(8,9)5-3-11-4(2-12-5)6(10)13/h2-3H,1H3,(H2,10,13). The van der Waals surface area contributed by atoms with E-state index in [1.807, 2.05) is 0 Å². The lowest BCUT2D eigenvalue weighted by Crippen LogP contribution is -2.16. The van der Waals surface area contributed by atoms with Gasteiger partial charge in [0, 0.05) is 6.92 Å². The summed E-state index contributed by atoms with van der Waals surface area (Å²) in [6.45, 7) is 0.695. The largest absolute Gasteiger partial charge is 0.364 e. The van der Waals surface area contributed by atoms with Crippen LogP contribution in [0.5, 0.6) is 0 Å². The molecule has 0 saturated heterocycles. The summed E-state index contributed by atoms with van der Waals surface area (Å²) in [6.07, 6.45) is 1.76. The van der Waals surface area contributed by atoms with Gasteiger partial charge in [-0.15, -0.1) is 0 Å². The van der Waals surface area contributed by atoms with Crippen molar-refractivity contribution in [2.75, 3.05) is 0 Å². The van der Waals surface area contributed by atoms with Crippen LogP contribution < -0.4 is 5.73 Å². The third-order valence-electron chi connectivity index (χ3n) is 1.35. The summed E-state index contributed by atoms with van der Waals surface area (Å²) in [5.41, 5.74) is 4.22. The molecule has 1 amide bonds. The predicted octanol–water partition coefficient (Wildman–Crippen LogP) is 0.687. The molecule has 2 N–H and O–H groups in total. The Bertz CT molecular complexity index is 318. The number of nitrogens with zero attached hydrogens (tertiary/aromatic N) is 2. The van der Waals surface area contributed by atoms with E-state index in [0.717, 1.165) is 12.4 Å². The van der Waals surface area contributed by atoms with E-state index in [-0.39, 0.29) is 5.69 Å². The maximum atomic E-state index is 12.6. The number of halogens is 2. The van der Waals surface area contributed by atoms with Crippen LogP contribution in [0.15, 0.2) is 12.4 Å². The van der Waals surface area contributed by atoms with Crippen molar-refractivity contribution in [2.24, 2.45) is 5.73 Å². The van der Waals surface area contributed by atoms with Gasteiger partial charge in [0.1, 0.15) is 11.4 Å². The third kappa shape index (κ3) is 2.17. The molecule has 1 heterocycles. The van der Waals surface area contributed by atoms with Gasteiger partial charge < -0.3 is 5.73 Å². The van der Waals surface area contributed by atoms with Crippen LogP contribution in [0.1, 0.15) is 23.1 Å². The van der Waals surface area contributed by atoms with Crippen molar-refractivity contribution in [3.63, 3.8) is 0 Å². The minimum Gasteiger partial charge on any atom is -0.364 e. The molecular formula is C7H7F2N3O. The molecule has 0 bridgehead atoms. The number of primary amides is 1. The van der Waals surface area contributed by atoms with E-state index in [9.17, 15) is 13.6 Å². The zero-order chi connectivity index (χ0) is 10.1. The van der Waals surface area contributed by atoms with Crippen molar-refractivity contribution >= 4 is 5.91 Å². The highest BCUT2D eigenvalue weighted by Gasteiger charge is 2.26. The van der Waals surface area contributed by atoms with Gasteiger partial charge in [-0.25, -0.2) is 4.98 Å². The second-order valence-electron chi connectivity index (χ2n) is 2.54. The molecular weight excluding hydrogens is 180 g/mol. The van der Waals surface area contributed by atoms with Crippen LogP contribution in [0.4, 0.5) is 8.78 Å². The van der Waals surface area contributed by atoms with Crippen LogP contribution in [0, 0.1) is 0 Å². The zero-order valence-corrected chi connectivity index (χ0v) is 6.79. The predicted molar refractivity (Wildman–Crippen MR) is 40.1 cm³/mol. The summed E-state index contributed by atoms with van der Waals surface area (Å²) in [5, 5.41) is 0. The molecule has 0 aromatic carbocycles. The van der Waals surface area contributed by atoms with E-state index in [1.165, 1.54) is 0 Å². The molecule has 0 saturated carbocycles. The second kappa shape index (κ2) is 3.04. The van der Waals surface area contributed by atoms with E-state index in [4.69, 9.17) is 5.73 Å². The van der Waals surface area contributed by atoms with Gasteiger partial charge in [0.05, 0.1) is 12.4 Å².